The van der Waals surface area contributed by atoms with Crippen LogP contribution in [-0.4, -0.2) is 97.6 Å². The summed E-state index contributed by atoms with van der Waals surface area (Å²) in [6.07, 6.45) is 6.48. The van der Waals surface area contributed by atoms with Crippen molar-refractivity contribution in [1.82, 2.24) is 14.7 Å². The van der Waals surface area contributed by atoms with Crippen LogP contribution < -0.4 is 4.74 Å². The Kier molecular flexibility index (Phi) is 7.05. The van der Waals surface area contributed by atoms with E-state index in [9.17, 15) is 9.18 Å². The van der Waals surface area contributed by atoms with Gasteiger partial charge in [0.25, 0.3) is 5.91 Å². The zero-order valence-electron chi connectivity index (χ0n) is 21.2. The summed E-state index contributed by atoms with van der Waals surface area (Å²) in [4.78, 5) is 24.4. The van der Waals surface area contributed by atoms with Crippen LogP contribution in [0.4, 0.5) is 8.78 Å². The predicted molar refractivity (Wildman–Crippen MR) is 133 cm³/mol. The number of oxime groups is 1. The summed E-state index contributed by atoms with van der Waals surface area (Å²) < 4.78 is 35.9. The lowest BCUT2D eigenvalue weighted by Crippen LogP contribution is -2.57. The standard InChI is InChI=1S/C27H36F2N4O3/c1-31-18-20(19-31)4-3-11-32-12-9-27(29,10-13-32)25(34)33-14-7-26(8-15-33)17-23(30-35-2)22-16-21(28)5-6-24(22)36-26/h3-6,16,20H,7-15,17-19H2,1-2H3/b4-3+,30-23+. The zero-order chi connectivity index (χ0) is 25.3. The number of carbonyl (C=O) groups is 1. The van der Waals surface area contributed by atoms with Gasteiger partial charge >= 0.3 is 0 Å². The molecule has 1 spiro atoms. The fourth-order valence-electron chi connectivity index (χ4n) is 5.93. The molecule has 36 heavy (non-hydrogen) atoms. The van der Waals surface area contributed by atoms with Crippen LogP contribution in [0, 0.1) is 11.7 Å². The number of halogens is 2. The molecule has 4 heterocycles. The quantitative estimate of drug-likeness (QED) is 0.457. The molecule has 1 aromatic carbocycles. The van der Waals surface area contributed by atoms with Crippen molar-refractivity contribution < 1.29 is 23.1 Å². The first-order valence-electron chi connectivity index (χ1n) is 12.9. The van der Waals surface area contributed by atoms with E-state index in [0.29, 0.717) is 68.4 Å². The second-order valence-corrected chi connectivity index (χ2v) is 10.8. The minimum absolute atomic E-state index is 0.230. The first kappa shape index (κ1) is 25.1. The van der Waals surface area contributed by atoms with Crippen LogP contribution in [0.5, 0.6) is 5.75 Å². The number of alkyl halides is 1. The lowest BCUT2D eigenvalue weighted by atomic mass is 9.81. The summed E-state index contributed by atoms with van der Waals surface area (Å²) in [6, 6.07) is 4.38. The number of hydrogen-bond donors (Lipinski definition) is 0. The number of benzene rings is 1. The third kappa shape index (κ3) is 5.13. The number of hydrogen-bond acceptors (Lipinski definition) is 6. The fourth-order valence-corrected chi connectivity index (χ4v) is 5.93. The number of rotatable bonds is 5. The fraction of sp³-hybridized carbons (Fsp3) is 0.630. The summed E-state index contributed by atoms with van der Waals surface area (Å²) in [7, 11) is 3.58. The van der Waals surface area contributed by atoms with E-state index < -0.39 is 17.2 Å². The molecule has 0 aliphatic carbocycles. The average molecular weight is 503 g/mol. The summed E-state index contributed by atoms with van der Waals surface area (Å²) in [6.45, 7) is 5.03. The molecule has 3 saturated heterocycles. The molecule has 1 aromatic rings. The van der Waals surface area contributed by atoms with Gasteiger partial charge in [-0.15, -0.1) is 0 Å². The molecule has 0 bridgehead atoms. The summed E-state index contributed by atoms with van der Waals surface area (Å²) in [5.74, 6) is 0.433. The second-order valence-electron chi connectivity index (χ2n) is 10.8. The van der Waals surface area contributed by atoms with E-state index in [1.54, 1.807) is 11.0 Å². The van der Waals surface area contributed by atoms with Gasteiger partial charge in [0.2, 0.25) is 0 Å². The van der Waals surface area contributed by atoms with E-state index in [-0.39, 0.29) is 18.7 Å². The van der Waals surface area contributed by atoms with Crippen molar-refractivity contribution in [3.05, 3.63) is 41.7 Å². The van der Waals surface area contributed by atoms with Gasteiger partial charge in [-0.1, -0.05) is 17.3 Å². The normalized spacial score (nSPS) is 25.6. The molecule has 5 rings (SSSR count). The van der Waals surface area contributed by atoms with E-state index in [0.717, 1.165) is 19.6 Å². The highest BCUT2D eigenvalue weighted by atomic mass is 19.1. The monoisotopic (exact) mass is 502 g/mol. The van der Waals surface area contributed by atoms with E-state index in [4.69, 9.17) is 9.57 Å². The maximum absolute atomic E-state index is 15.8. The molecule has 0 atom stereocenters. The minimum atomic E-state index is -1.80. The Morgan fingerprint density at radius 3 is 2.58 bits per heavy atom. The highest BCUT2D eigenvalue weighted by Gasteiger charge is 2.48. The Bertz CT molecular complexity index is 1020. The average Bonchev–Trinajstić information content (AvgIpc) is 2.85. The molecule has 9 heteroatoms. The van der Waals surface area contributed by atoms with Crippen LogP contribution in [0.15, 0.2) is 35.5 Å². The Labute approximate surface area is 211 Å². The zero-order valence-corrected chi connectivity index (χ0v) is 21.2. The van der Waals surface area contributed by atoms with Crippen molar-refractivity contribution in [2.45, 2.75) is 43.4 Å². The van der Waals surface area contributed by atoms with E-state index in [2.05, 4.69) is 34.2 Å². The number of nitrogens with zero attached hydrogens (tertiary/aromatic N) is 4. The number of ether oxygens (including phenoxy) is 1. The second kappa shape index (κ2) is 10.1. The van der Waals surface area contributed by atoms with Gasteiger partial charge in [0, 0.05) is 89.4 Å². The Balaban J connectivity index is 1.15. The Morgan fingerprint density at radius 1 is 1.19 bits per heavy atom. The first-order chi connectivity index (χ1) is 17.3. The van der Waals surface area contributed by atoms with Crippen molar-refractivity contribution in [3.8, 4) is 5.75 Å². The Hall–Kier alpha value is -2.52. The molecule has 0 radical (unpaired) electrons. The van der Waals surface area contributed by atoms with Crippen molar-refractivity contribution in [2.24, 2.45) is 11.1 Å². The number of fused-ring (bicyclic) bond motifs is 1. The third-order valence-electron chi connectivity index (χ3n) is 8.13. The van der Waals surface area contributed by atoms with Crippen molar-refractivity contribution >= 4 is 11.6 Å². The van der Waals surface area contributed by atoms with Gasteiger partial charge in [-0.2, -0.15) is 0 Å². The maximum Gasteiger partial charge on any atom is 0.260 e. The molecule has 196 valence electrons. The van der Waals surface area contributed by atoms with Gasteiger partial charge in [-0.05, 0) is 25.2 Å². The maximum atomic E-state index is 15.8. The molecular formula is C27H36F2N4O3. The molecule has 3 fully saturated rings. The van der Waals surface area contributed by atoms with Gasteiger partial charge in [-0.25, -0.2) is 8.78 Å². The van der Waals surface area contributed by atoms with Gasteiger partial charge in [0.15, 0.2) is 5.67 Å². The van der Waals surface area contributed by atoms with Gasteiger partial charge < -0.3 is 19.4 Å². The smallest absolute Gasteiger partial charge is 0.260 e. The summed E-state index contributed by atoms with van der Waals surface area (Å²) in [5.41, 5.74) is -1.15. The molecule has 0 aromatic heterocycles. The number of likely N-dealkylation sites (tertiary alicyclic amines) is 3. The molecule has 4 aliphatic heterocycles. The molecule has 7 nitrogen and oxygen atoms in total. The topological polar surface area (TPSA) is 57.6 Å². The first-order valence-corrected chi connectivity index (χ1v) is 12.9. The highest BCUT2D eigenvalue weighted by molar-refractivity contribution is 6.04. The molecule has 0 saturated carbocycles. The molecular weight excluding hydrogens is 466 g/mol. The van der Waals surface area contributed by atoms with Crippen molar-refractivity contribution in [2.75, 3.05) is 60.0 Å². The van der Waals surface area contributed by atoms with Gasteiger partial charge in [0.05, 0.1) is 5.71 Å². The molecule has 0 N–H and O–H groups in total. The number of piperidine rings is 2. The Morgan fingerprint density at radius 2 is 1.92 bits per heavy atom. The van der Waals surface area contributed by atoms with Gasteiger partial charge in [-0.3, -0.25) is 9.69 Å². The largest absolute Gasteiger partial charge is 0.486 e. The van der Waals surface area contributed by atoms with Crippen molar-refractivity contribution in [1.29, 1.82) is 0 Å². The molecule has 4 aliphatic rings. The highest BCUT2D eigenvalue weighted by Crippen LogP contribution is 2.41. The van der Waals surface area contributed by atoms with E-state index >= 15 is 4.39 Å². The molecule has 0 unspecified atom stereocenters. The summed E-state index contributed by atoms with van der Waals surface area (Å²) >= 11 is 0. The summed E-state index contributed by atoms with van der Waals surface area (Å²) in [5, 5.41) is 4.12. The van der Waals surface area contributed by atoms with E-state index in [1.807, 2.05) is 0 Å². The SMILES string of the molecule is CO/N=C1\CC2(CCN(C(=O)C3(F)CCN(C/C=C/C4CN(C)C4)CC3)CC2)Oc2ccc(F)cc21. The third-order valence-corrected chi connectivity index (χ3v) is 8.13. The number of amides is 1. The van der Waals surface area contributed by atoms with Gasteiger partial charge in [0.1, 0.15) is 24.3 Å². The molecule has 1 amide bonds. The van der Waals surface area contributed by atoms with Crippen LogP contribution in [0.25, 0.3) is 0 Å². The van der Waals surface area contributed by atoms with Crippen LogP contribution in [0.3, 0.4) is 0 Å². The lowest BCUT2D eigenvalue weighted by molar-refractivity contribution is -0.150. The van der Waals surface area contributed by atoms with Crippen LogP contribution in [0.2, 0.25) is 0 Å². The van der Waals surface area contributed by atoms with Crippen LogP contribution >= 0.6 is 0 Å². The van der Waals surface area contributed by atoms with Crippen LogP contribution in [-0.2, 0) is 9.63 Å². The van der Waals surface area contributed by atoms with E-state index in [1.165, 1.54) is 19.2 Å². The number of carbonyl (C=O) groups excluding carboxylic acids is 1. The minimum Gasteiger partial charge on any atom is -0.486 e. The predicted octanol–water partition coefficient (Wildman–Crippen LogP) is 3.24. The van der Waals surface area contributed by atoms with Crippen molar-refractivity contribution in [3.63, 3.8) is 0 Å². The lowest BCUT2D eigenvalue weighted by Gasteiger charge is -2.46. The van der Waals surface area contributed by atoms with Crippen LogP contribution in [0.1, 0.15) is 37.7 Å².